The van der Waals surface area contributed by atoms with Crippen molar-refractivity contribution in [1.82, 2.24) is 15.2 Å². The lowest BCUT2D eigenvalue weighted by Gasteiger charge is -2.05. The second-order valence-electron chi connectivity index (χ2n) is 5.77. The molecule has 3 aromatic rings. The SMILES string of the molecule is CCc1nc(S/C(=C/c2ccc(-c3ccc([N+](=O)[O-])cc3C)o2)C(=O)[O-])n[nH]1. The Balaban J connectivity index is 1.86. The van der Waals surface area contributed by atoms with E-state index in [2.05, 4.69) is 15.2 Å². The zero-order valence-electron chi connectivity index (χ0n) is 15.0. The molecule has 0 amide bonds. The number of nitro benzene ring substituents is 1. The quantitative estimate of drug-likeness (QED) is 0.277. The molecule has 1 aromatic carbocycles. The Morgan fingerprint density at radius 1 is 1.36 bits per heavy atom. The number of carboxylic acids is 1. The molecular formula is C18H15N4O5S-. The Morgan fingerprint density at radius 3 is 2.75 bits per heavy atom. The molecule has 3 rings (SSSR count). The number of nitro groups is 1. The summed E-state index contributed by atoms with van der Waals surface area (Å²) in [4.78, 5) is 25.9. The number of thioether (sulfide) groups is 1. The number of hydrogen-bond donors (Lipinski definition) is 1. The summed E-state index contributed by atoms with van der Waals surface area (Å²) in [7, 11) is 0. The molecule has 28 heavy (non-hydrogen) atoms. The average Bonchev–Trinajstić information content (AvgIpc) is 3.30. The highest BCUT2D eigenvalue weighted by molar-refractivity contribution is 8.04. The van der Waals surface area contributed by atoms with Gasteiger partial charge in [0, 0.05) is 29.0 Å². The van der Waals surface area contributed by atoms with Crippen molar-refractivity contribution < 1.29 is 19.2 Å². The van der Waals surface area contributed by atoms with Crippen molar-refractivity contribution in [1.29, 1.82) is 0 Å². The maximum Gasteiger partial charge on any atom is 0.269 e. The van der Waals surface area contributed by atoms with E-state index in [0.29, 0.717) is 34.9 Å². The fourth-order valence-electron chi connectivity index (χ4n) is 2.45. The highest BCUT2D eigenvalue weighted by Crippen LogP contribution is 2.31. The number of carbonyl (C=O) groups excluding carboxylic acids is 1. The molecule has 0 fully saturated rings. The van der Waals surface area contributed by atoms with E-state index in [-0.39, 0.29) is 15.7 Å². The number of benzene rings is 1. The highest BCUT2D eigenvalue weighted by Gasteiger charge is 2.13. The number of aryl methyl sites for hydroxylation is 2. The first-order valence-corrected chi connectivity index (χ1v) is 9.06. The fraction of sp³-hybridized carbons (Fsp3) is 0.167. The van der Waals surface area contributed by atoms with Crippen molar-refractivity contribution in [3.8, 4) is 11.3 Å². The van der Waals surface area contributed by atoms with E-state index in [1.54, 1.807) is 25.1 Å². The number of nitrogens with one attached hydrogen (secondary N) is 1. The molecule has 0 spiro atoms. The van der Waals surface area contributed by atoms with Gasteiger partial charge in [0.15, 0.2) is 0 Å². The largest absolute Gasteiger partial charge is 0.544 e. The van der Waals surface area contributed by atoms with Gasteiger partial charge >= 0.3 is 0 Å². The molecule has 0 atom stereocenters. The summed E-state index contributed by atoms with van der Waals surface area (Å²) in [5, 5.41) is 29.2. The van der Waals surface area contributed by atoms with Gasteiger partial charge in [-0.15, -0.1) is 5.10 Å². The number of H-pyrrole nitrogens is 1. The van der Waals surface area contributed by atoms with Gasteiger partial charge in [0.1, 0.15) is 17.3 Å². The fourth-order valence-corrected chi connectivity index (χ4v) is 3.15. The Labute approximate surface area is 163 Å². The lowest BCUT2D eigenvalue weighted by molar-refractivity contribution is -0.384. The predicted octanol–water partition coefficient (Wildman–Crippen LogP) is 2.73. The second-order valence-corrected chi connectivity index (χ2v) is 6.78. The van der Waals surface area contributed by atoms with E-state index in [4.69, 9.17) is 4.42 Å². The molecule has 10 heteroatoms. The molecule has 2 heterocycles. The molecule has 144 valence electrons. The van der Waals surface area contributed by atoms with Crippen LogP contribution in [0, 0.1) is 17.0 Å². The number of rotatable bonds is 7. The molecule has 1 N–H and O–H groups in total. The summed E-state index contributed by atoms with van der Waals surface area (Å²) in [5.41, 5.74) is 1.33. The third-order valence-electron chi connectivity index (χ3n) is 3.83. The monoisotopic (exact) mass is 399 g/mol. The Kier molecular flexibility index (Phi) is 5.59. The Bertz CT molecular complexity index is 1070. The molecule has 0 saturated heterocycles. The number of aliphatic carboxylic acids is 1. The number of carboxylic acid groups (broad SMARTS) is 1. The number of carbonyl (C=O) groups is 1. The van der Waals surface area contributed by atoms with Crippen LogP contribution in [0.3, 0.4) is 0 Å². The number of non-ortho nitro benzene ring substituents is 1. The normalized spacial score (nSPS) is 11.6. The highest BCUT2D eigenvalue weighted by atomic mass is 32.2. The summed E-state index contributed by atoms with van der Waals surface area (Å²) in [6, 6.07) is 7.70. The van der Waals surface area contributed by atoms with E-state index < -0.39 is 10.9 Å². The topological polar surface area (TPSA) is 138 Å². The van der Waals surface area contributed by atoms with E-state index in [1.165, 1.54) is 18.2 Å². The first-order chi connectivity index (χ1) is 13.4. The van der Waals surface area contributed by atoms with Gasteiger partial charge in [-0.3, -0.25) is 15.2 Å². The molecule has 0 saturated carbocycles. The summed E-state index contributed by atoms with van der Waals surface area (Å²) in [6.07, 6.45) is 1.97. The molecule has 0 bridgehead atoms. The van der Waals surface area contributed by atoms with Gasteiger partial charge in [0.05, 0.1) is 10.9 Å². The van der Waals surface area contributed by atoms with Crippen molar-refractivity contribution in [2.24, 2.45) is 0 Å². The van der Waals surface area contributed by atoms with Gasteiger partial charge in [-0.05, 0) is 48.5 Å². The molecule has 0 unspecified atom stereocenters. The van der Waals surface area contributed by atoms with Crippen molar-refractivity contribution in [3.63, 3.8) is 0 Å². The minimum Gasteiger partial charge on any atom is -0.544 e. The minimum absolute atomic E-state index is 0.0125. The molecule has 0 aliphatic heterocycles. The van der Waals surface area contributed by atoms with Crippen molar-refractivity contribution >= 4 is 29.5 Å². The van der Waals surface area contributed by atoms with Gasteiger partial charge in [0.2, 0.25) is 5.16 Å². The summed E-state index contributed by atoms with van der Waals surface area (Å²) in [5.74, 6) is 0.0321. The van der Waals surface area contributed by atoms with Crippen molar-refractivity contribution in [2.75, 3.05) is 0 Å². The maximum atomic E-state index is 11.4. The number of nitrogens with zero attached hydrogens (tertiary/aromatic N) is 3. The van der Waals surface area contributed by atoms with E-state index in [9.17, 15) is 20.0 Å². The van der Waals surface area contributed by atoms with Crippen molar-refractivity contribution in [3.05, 3.63) is 62.5 Å². The van der Waals surface area contributed by atoms with Gasteiger partial charge in [0.25, 0.3) is 5.69 Å². The van der Waals surface area contributed by atoms with E-state index in [0.717, 1.165) is 11.8 Å². The zero-order valence-corrected chi connectivity index (χ0v) is 15.8. The number of hydrogen-bond acceptors (Lipinski definition) is 8. The van der Waals surface area contributed by atoms with Crippen LogP contribution in [-0.4, -0.2) is 26.1 Å². The Hall–Kier alpha value is -3.40. The van der Waals surface area contributed by atoms with Crippen LogP contribution in [-0.2, 0) is 11.2 Å². The molecule has 0 aliphatic rings. The minimum atomic E-state index is -1.38. The standard InChI is InChI=1S/C18H16N4O5S/c1-3-16-19-18(21-20-16)28-15(17(23)24)9-12-5-7-14(27-12)13-6-4-11(22(25)26)8-10(13)2/h4-9H,3H2,1-2H3,(H,23,24)(H,19,20,21)/p-1/b15-9+. The maximum absolute atomic E-state index is 11.4. The lowest BCUT2D eigenvalue weighted by atomic mass is 10.1. The number of furan rings is 1. The predicted molar refractivity (Wildman–Crippen MR) is 100 cm³/mol. The van der Waals surface area contributed by atoms with Gasteiger partial charge in [-0.25, -0.2) is 4.98 Å². The van der Waals surface area contributed by atoms with Crippen LogP contribution in [0.5, 0.6) is 0 Å². The lowest BCUT2D eigenvalue weighted by Crippen LogP contribution is -2.23. The summed E-state index contributed by atoms with van der Waals surface area (Å²) >= 11 is 0.852. The van der Waals surface area contributed by atoms with Crippen LogP contribution in [0.25, 0.3) is 17.4 Å². The first-order valence-electron chi connectivity index (χ1n) is 8.24. The third-order valence-corrected chi connectivity index (χ3v) is 4.70. The Morgan fingerprint density at radius 2 is 2.14 bits per heavy atom. The molecule has 2 aromatic heterocycles. The van der Waals surface area contributed by atoms with Gasteiger partial charge in [-0.2, -0.15) is 0 Å². The van der Waals surface area contributed by atoms with Crippen molar-refractivity contribution in [2.45, 2.75) is 25.4 Å². The van der Waals surface area contributed by atoms with Gasteiger partial charge < -0.3 is 14.3 Å². The molecule has 0 aliphatic carbocycles. The molecule has 0 radical (unpaired) electrons. The van der Waals surface area contributed by atoms with E-state index >= 15 is 0 Å². The third kappa shape index (κ3) is 4.29. The van der Waals surface area contributed by atoms with E-state index in [1.807, 2.05) is 6.92 Å². The molecule has 9 nitrogen and oxygen atoms in total. The smallest absolute Gasteiger partial charge is 0.269 e. The van der Waals surface area contributed by atoms with Gasteiger partial charge in [-0.1, -0.05) is 6.92 Å². The summed E-state index contributed by atoms with van der Waals surface area (Å²) in [6.45, 7) is 3.63. The summed E-state index contributed by atoms with van der Waals surface area (Å²) < 4.78 is 5.70. The van der Waals surface area contributed by atoms with Crippen LogP contribution >= 0.6 is 11.8 Å². The number of aromatic nitrogens is 3. The van der Waals surface area contributed by atoms with Crippen LogP contribution in [0.4, 0.5) is 5.69 Å². The number of aromatic amines is 1. The second kappa shape index (κ2) is 8.09. The average molecular weight is 399 g/mol. The molecular weight excluding hydrogens is 384 g/mol. The van der Waals surface area contributed by atoms with Crippen LogP contribution in [0.2, 0.25) is 0 Å². The van der Waals surface area contributed by atoms with Crippen LogP contribution < -0.4 is 5.11 Å². The van der Waals surface area contributed by atoms with Crippen LogP contribution in [0.15, 0.2) is 44.8 Å². The first kappa shape index (κ1) is 19.4. The zero-order chi connectivity index (χ0) is 20.3. The van der Waals surface area contributed by atoms with Crippen LogP contribution in [0.1, 0.15) is 24.1 Å².